The number of carboxylic acids is 1. The number of aryl methyl sites for hydroxylation is 1. The minimum absolute atomic E-state index is 0.136. The Kier molecular flexibility index (Phi) is 4.83. The maximum absolute atomic E-state index is 13.9. The summed E-state index contributed by atoms with van der Waals surface area (Å²) in [7, 11) is 0. The van der Waals surface area contributed by atoms with Crippen LogP contribution in [0.25, 0.3) is 10.6 Å². The van der Waals surface area contributed by atoms with Gasteiger partial charge in [0.2, 0.25) is 0 Å². The van der Waals surface area contributed by atoms with E-state index in [0.29, 0.717) is 39.7 Å². The summed E-state index contributed by atoms with van der Waals surface area (Å²) < 4.78 is 27.8. The fraction of sp³-hybridized carbons (Fsp3) is 0.421. The molecule has 0 saturated heterocycles. The lowest BCUT2D eigenvalue weighted by Gasteiger charge is -2.21. The molecular weight excluding hydrogens is 406 g/mol. The first kappa shape index (κ1) is 19.2. The third-order valence-corrected chi connectivity index (χ3v) is 7.19. The van der Waals surface area contributed by atoms with Gasteiger partial charge >= 0.3 is 5.97 Å². The van der Waals surface area contributed by atoms with Crippen LogP contribution < -0.4 is 5.32 Å². The third-order valence-electron chi connectivity index (χ3n) is 5.06. The van der Waals surface area contributed by atoms with Gasteiger partial charge in [-0.05, 0) is 38.2 Å². The summed E-state index contributed by atoms with van der Waals surface area (Å²) in [6.45, 7) is 1.85. The van der Waals surface area contributed by atoms with E-state index >= 15 is 0 Å². The van der Waals surface area contributed by atoms with Gasteiger partial charge in [0.1, 0.15) is 10.0 Å². The number of amides is 1. The molecule has 0 bridgehead atoms. The van der Waals surface area contributed by atoms with Gasteiger partial charge in [0, 0.05) is 45.5 Å². The summed E-state index contributed by atoms with van der Waals surface area (Å²) >= 11 is 2.56. The zero-order valence-electron chi connectivity index (χ0n) is 15.1. The normalized spacial score (nSPS) is 18.2. The quantitative estimate of drug-likeness (QED) is 0.738. The van der Waals surface area contributed by atoms with Crippen LogP contribution in [0.5, 0.6) is 0 Å². The third kappa shape index (κ3) is 3.48. The topological polar surface area (TPSA) is 79.3 Å². The Balaban J connectivity index is 1.75. The second-order valence-corrected chi connectivity index (χ2v) is 9.07. The molecule has 0 unspecified atom stereocenters. The van der Waals surface area contributed by atoms with Crippen LogP contribution in [-0.2, 0) is 22.4 Å². The molecule has 1 amide bonds. The minimum atomic E-state index is -2.75. The van der Waals surface area contributed by atoms with E-state index in [9.17, 15) is 23.5 Å². The number of anilines is 1. The number of aromatic nitrogens is 1. The first-order valence-corrected chi connectivity index (χ1v) is 10.7. The van der Waals surface area contributed by atoms with E-state index in [1.807, 2.05) is 12.3 Å². The number of nitrogens with zero attached hydrogens (tertiary/aromatic N) is 1. The summed E-state index contributed by atoms with van der Waals surface area (Å²) in [6, 6.07) is 0. The van der Waals surface area contributed by atoms with Crippen molar-refractivity contribution in [2.75, 3.05) is 5.32 Å². The van der Waals surface area contributed by atoms with Gasteiger partial charge in [-0.25, -0.2) is 18.6 Å². The molecule has 0 spiro atoms. The summed E-state index contributed by atoms with van der Waals surface area (Å²) in [5.74, 6) is -4.29. The number of nitrogens with one attached hydrogen (secondary N) is 1. The van der Waals surface area contributed by atoms with Crippen molar-refractivity contribution in [2.24, 2.45) is 0 Å². The Bertz CT molecular complexity index is 1010. The Morgan fingerprint density at radius 2 is 2.00 bits per heavy atom. The number of hydrogen-bond acceptors (Lipinski definition) is 5. The summed E-state index contributed by atoms with van der Waals surface area (Å²) in [5.41, 5.74) is 2.75. The number of carbonyl (C=O) groups excluding carboxylic acids is 1. The second-order valence-electron chi connectivity index (χ2n) is 7.10. The average molecular weight is 424 g/mol. The highest BCUT2D eigenvalue weighted by molar-refractivity contribution is 7.18. The maximum atomic E-state index is 13.9. The highest BCUT2D eigenvalue weighted by Crippen LogP contribution is 2.48. The molecule has 2 N–H and O–H groups in total. The number of carboxylic acid groups (broad SMARTS) is 1. The minimum Gasteiger partial charge on any atom is -0.478 e. The molecule has 0 aliphatic heterocycles. The molecule has 2 aliphatic carbocycles. The number of alkyl halides is 2. The van der Waals surface area contributed by atoms with Crippen molar-refractivity contribution in [3.05, 3.63) is 32.7 Å². The van der Waals surface area contributed by atoms with Gasteiger partial charge in [-0.3, -0.25) is 4.79 Å². The van der Waals surface area contributed by atoms with Gasteiger partial charge in [-0.1, -0.05) is 0 Å². The van der Waals surface area contributed by atoms with Crippen molar-refractivity contribution in [1.82, 2.24) is 4.98 Å². The van der Waals surface area contributed by atoms with Gasteiger partial charge in [-0.2, -0.15) is 0 Å². The lowest BCUT2D eigenvalue weighted by atomic mass is 9.93. The zero-order chi connectivity index (χ0) is 20.1. The van der Waals surface area contributed by atoms with Crippen molar-refractivity contribution in [2.45, 2.75) is 51.4 Å². The number of hydrogen-bond donors (Lipinski definition) is 2. The van der Waals surface area contributed by atoms with Gasteiger partial charge in [-0.15, -0.1) is 22.7 Å². The van der Waals surface area contributed by atoms with Crippen LogP contribution in [0.4, 0.5) is 13.8 Å². The average Bonchev–Trinajstić information content (AvgIpc) is 3.31. The van der Waals surface area contributed by atoms with Crippen LogP contribution in [0.15, 0.2) is 16.5 Å². The standard InChI is InChI=1S/C19H18F2N2O3S2/c1-9-8-27-16(22-9)14-12-5-6-19(20,21)7-13(12)28-17(14)23-15(24)10-3-2-4-11(10)18(25)26/h8H,2-7H2,1H3,(H,23,24)(H,25,26). The molecule has 0 atom stereocenters. The van der Waals surface area contributed by atoms with Crippen LogP contribution in [0.2, 0.25) is 0 Å². The molecule has 4 rings (SSSR count). The van der Waals surface area contributed by atoms with E-state index in [4.69, 9.17) is 0 Å². The monoisotopic (exact) mass is 424 g/mol. The first-order chi connectivity index (χ1) is 13.2. The molecule has 0 radical (unpaired) electrons. The van der Waals surface area contributed by atoms with E-state index in [0.717, 1.165) is 22.6 Å². The Hall–Kier alpha value is -2.13. The summed E-state index contributed by atoms with van der Waals surface area (Å²) in [4.78, 5) is 29.2. The number of aliphatic carboxylic acids is 1. The van der Waals surface area contributed by atoms with Crippen molar-refractivity contribution < 1.29 is 23.5 Å². The molecule has 9 heteroatoms. The maximum Gasteiger partial charge on any atom is 0.332 e. The molecule has 0 fully saturated rings. The lowest BCUT2D eigenvalue weighted by molar-refractivity contribution is -0.133. The molecule has 5 nitrogen and oxygen atoms in total. The molecular formula is C19H18F2N2O3S2. The molecule has 2 aliphatic rings. The second kappa shape index (κ2) is 7.04. The fourth-order valence-electron chi connectivity index (χ4n) is 3.74. The number of thiophene rings is 1. The number of rotatable bonds is 4. The smallest absolute Gasteiger partial charge is 0.332 e. The van der Waals surface area contributed by atoms with Crippen LogP contribution in [0.1, 0.15) is 41.8 Å². The SMILES string of the molecule is Cc1csc(-c2c(NC(=O)C3=C(C(=O)O)CCC3)sc3c2CCC(F)(F)C3)n1. The number of halogens is 2. The van der Waals surface area contributed by atoms with Gasteiger partial charge in [0.05, 0.1) is 0 Å². The molecule has 0 saturated carbocycles. The largest absolute Gasteiger partial charge is 0.478 e. The van der Waals surface area contributed by atoms with Gasteiger partial charge in [0.25, 0.3) is 11.8 Å². The Morgan fingerprint density at radius 1 is 1.25 bits per heavy atom. The van der Waals surface area contributed by atoms with E-state index < -0.39 is 17.8 Å². The van der Waals surface area contributed by atoms with Crippen molar-refractivity contribution in [1.29, 1.82) is 0 Å². The fourth-order valence-corrected chi connectivity index (χ4v) is 6.00. The van der Waals surface area contributed by atoms with Crippen molar-refractivity contribution in [3.8, 4) is 10.6 Å². The van der Waals surface area contributed by atoms with Crippen LogP contribution in [0.3, 0.4) is 0 Å². The number of thiazole rings is 1. The van der Waals surface area contributed by atoms with Crippen molar-refractivity contribution >= 4 is 39.6 Å². The molecule has 2 heterocycles. The predicted octanol–water partition coefficient (Wildman–Crippen LogP) is 4.81. The Labute approximate surface area is 168 Å². The predicted molar refractivity (Wildman–Crippen MR) is 104 cm³/mol. The van der Waals surface area contributed by atoms with E-state index in [1.165, 1.54) is 11.3 Å². The highest BCUT2D eigenvalue weighted by Gasteiger charge is 2.38. The van der Waals surface area contributed by atoms with Gasteiger partial charge < -0.3 is 10.4 Å². The number of fused-ring (bicyclic) bond motifs is 1. The Morgan fingerprint density at radius 3 is 2.68 bits per heavy atom. The van der Waals surface area contributed by atoms with Crippen LogP contribution >= 0.6 is 22.7 Å². The summed E-state index contributed by atoms with van der Waals surface area (Å²) in [5, 5.41) is 15.2. The zero-order valence-corrected chi connectivity index (χ0v) is 16.7. The molecule has 2 aromatic rings. The molecule has 2 aromatic heterocycles. The summed E-state index contributed by atoms with van der Waals surface area (Å²) in [6.07, 6.45) is 1.05. The van der Waals surface area contributed by atoms with E-state index in [1.54, 1.807) is 0 Å². The first-order valence-electron chi connectivity index (χ1n) is 8.97. The van der Waals surface area contributed by atoms with Gasteiger partial charge in [0.15, 0.2) is 0 Å². The molecule has 28 heavy (non-hydrogen) atoms. The van der Waals surface area contributed by atoms with E-state index in [-0.39, 0.29) is 30.4 Å². The van der Waals surface area contributed by atoms with Crippen LogP contribution in [0, 0.1) is 6.92 Å². The van der Waals surface area contributed by atoms with Crippen LogP contribution in [-0.4, -0.2) is 27.9 Å². The molecule has 0 aromatic carbocycles. The molecule has 148 valence electrons. The van der Waals surface area contributed by atoms with Crippen molar-refractivity contribution in [3.63, 3.8) is 0 Å². The lowest BCUT2D eigenvalue weighted by Crippen LogP contribution is -2.24. The van der Waals surface area contributed by atoms with E-state index in [2.05, 4.69) is 10.3 Å². The number of carbonyl (C=O) groups is 2. The highest BCUT2D eigenvalue weighted by atomic mass is 32.1.